The molecular weight excluding hydrogens is 288 g/mol. The SMILES string of the molecule is COc1cc2c(c(-c3cccc(CN)c3)c1OC)CCN(C)C2. The normalized spacial score (nSPS) is 14.4. The Balaban J connectivity index is 2.26. The van der Waals surface area contributed by atoms with E-state index in [-0.39, 0.29) is 0 Å². The zero-order valence-electron chi connectivity index (χ0n) is 14.1. The summed E-state index contributed by atoms with van der Waals surface area (Å²) < 4.78 is 11.3. The summed E-state index contributed by atoms with van der Waals surface area (Å²) in [6.45, 7) is 2.51. The fourth-order valence-electron chi connectivity index (χ4n) is 3.34. The van der Waals surface area contributed by atoms with E-state index in [9.17, 15) is 0 Å². The lowest BCUT2D eigenvalue weighted by atomic mass is 9.89. The van der Waals surface area contributed by atoms with Crippen LogP contribution in [0.3, 0.4) is 0 Å². The molecule has 2 N–H and O–H groups in total. The molecule has 4 heteroatoms. The number of nitrogens with zero attached hydrogens (tertiary/aromatic N) is 1. The third-order valence-corrected chi connectivity index (χ3v) is 4.50. The number of hydrogen-bond acceptors (Lipinski definition) is 4. The maximum Gasteiger partial charge on any atom is 0.168 e. The summed E-state index contributed by atoms with van der Waals surface area (Å²) in [5.41, 5.74) is 11.9. The van der Waals surface area contributed by atoms with Crippen LogP contribution >= 0.6 is 0 Å². The predicted octanol–water partition coefficient (Wildman–Crippen LogP) is 2.82. The maximum absolute atomic E-state index is 5.82. The fourth-order valence-corrected chi connectivity index (χ4v) is 3.34. The summed E-state index contributed by atoms with van der Waals surface area (Å²) in [4.78, 5) is 2.33. The molecular formula is C19H24N2O2. The van der Waals surface area contributed by atoms with Crippen LogP contribution in [-0.4, -0.2) is 32.7 Å². The Kier molecular flexibility index (Phi) is 4.55. The van der Waals surface area contributed by atoms with Gasteiger partial charge in [-0.2, -0.15) is 0 Å². The van der Waals surface area contributed by atoms with E-state index in [0.717, 1.165) is 47.7 Å². The molecule has 0 atom stereocenters. The van der Waals surface area contributed by atoms with Crippen molar-refractivity contribution in [1.29, 1.82) is 0 Å². The third kappa shape index (κ3) is 2.92. The van der Waals surface area contributed by atoms with E-state index in [1.807, 2.05) is 0 Å². The van der Waals surface area contributed by atoms with Crippen LogP contribution < -0.4 is 15.2 Å². The minimum absolute atomic E-state index is 0.533. The molecule has 2 aromatic carbocycles. The summed E-state index contributed by atoms with van der Waals surface area (Å²) in [6.07, 6.45) is 1.01. The van der Waals surface area contributed by atoms with Crippen LogP contribution in [0.4, 0.5) is 0 Å². The van der Waals surface area contributed by atoms with Crippen LogP contribution in [0.25, 0.3) is 11.1 Å². The summed E-state index contributed by atoms with van der Waals surface area (Å²) in [6, 6.07) is 10.5. The summed E-state index contributed by atoms with van der Waals surface area (Å²) in [7, 11) is 5.54. The lowest BCUT2D eigenvalue weighted by Gasteiger charge is -2.29. The van der Waals surface area contributed by atoms with Gasteiger partial charge in [0.25, 0.3) is 0 Å². The third-order valence-electron chi connectivity index (χ3n) is 4.50. The van der Waals surface area contributed by atoms with Crippen molar-refractivity contribution in [1.82, 2.24) is 4.90 Å². The molecule has 1 aliphatic rings. The van der Waals surface area contributed by atoms with Gasteiger partial charge in [0.15, 0.2) is 11.5 Å². The Hall–Kier alpha value is -2.04. The van der Waals surface area contributed by atoms with Crippen molar-refractivity contribution in [3.63, 3.8) is 0 Å². The predicted molar refractivity (Wildman–Crippen MR) is 92.9 cm³/mol. The van der Waals surface area contributed by atoms with Gasteiger partial charge in [-0.1, -0.05) is 18.2 Å². The molecule has 1 aliphatic heterocycles. The quantitative estimate of drug-likeness (QED) is 0.943. The van der Waals surface area contributed by atoms with Crippen molar-refractivity contribution in [2.45, 2.75) is 19.5 Å². The van der Waals surface area contributed by atoms with Crippen molar-refractivity contribution < 1.29 is 9.47 Å². The Bertz CT molecular complexity index is 713. The molecule has 3 rings (SSSR count). The second-order valence-electron chi connectivity index (χ2n) is 6.02. The van der Waals surface area contributed by atoms with Crippen LogP contribution in [0.2, 0.25) is 0 Å². The van der Waals surface area contributed by atoms with Crippen LogP contribution in [0, 0.1) is 0 Å². The van der Waals surface area contributed by atoms with Gasteiger partial charge in [0.2, 0.25) is 0 Å². The Morgan fingerprint density at radius 3 is 2.70 bits per heavy atom. The fraction of sp³-hybridized carbons (Fsp3) is 0.368. The maximum atomic E-state index is 5.82. The standard InChI is InChI=1S/C19H24N2O2/c1-21-8-7-16-15(12-21)10-17(22-2)19(23-3)18(16)14-6-4-5-13(9-14)11-20/h4-6,9-10H,7-8,11-12,20H2,1-3H3. The molecule has 0 aromatic heterocycles. The lowest BCUT2D eigenvalue weighted by molar-refractivity contribution is 0.308. The average Bonchev–Trinajstić information content (AvgIpc) is 2.59. The number of fused-ring (bicyclic) bond motifs is 1. The van der Waals surface area contributed by atoms with E-state index >= 15 is 0 Å². The minimum atomic E-state index is 0.533. The summed E-state index contributed by atoms with van der Waals surface area (Å²) >= 11 is 0. The molecule has 0 unspecified atom stereocenters. The van der Waals surface area contributed by atoms with Gasteiger partial charge in [0.1, 0.15) is 0 Å². The Morgan fingerprint density at radius 2 is 2.00 bits per heavy atom. The highest BCUT2D eigenvalue weighted by Gasteiger charge is 2.24. The number of likely N-dealkylation sites (N-methyl/N-ethyl adjacent to an activating group) is 1. The zero-order valence-corrected chi connectivity index (χ0v) is 14.1. The van der Waals surface area contributed by atoms with E-state index in [2.05, 4.69) is 42.3 Å². The highest BCUT2D eigenvalue weighted by molar-refractivity contribution is 5.79. The van der Waals surface area contributed by atoms with Gasteiger partial charge in [-0.05, 0) is 47.9 Å². The Morgan fingerprint density at radius 1 is 1.17 bits per heavy atom. The van der Waals surface area contributed by atoms with Crippen molar-refractivity contribution in [2.24, 2.45) is 5.73 Å². The van der Waals surface area contributed by atoms with E-state index in [4.69, 9.17) is 15.2 Å². The monoisotopic (exact) mass is 312 g/mol. The van der Waals surface area contributed by atoms with Crippen molar-refractivity contribution in [2.75, 3.05) is 27.8 Å². The number of rotatable bonds is 4. The molecule has 0 fully saturated rings. The van der Waals surface area contributed by atoms with Crippen LogP contribution in [0.1, 0.15) is 16.7 Å². The molecule has 4 nitrogen and oxygen atoms in total. The first-order valence-electron chi connectivity index (χ1n) is 7.92. The van der Waals surface area contributed by atoms with Crippen molar-refractivity contribution >= 4 is 0 Å². The highest BCUT2D eigenvalue weighted by atomic mass is 16.5. The van der Waals surface area contributed by atoms with Gasteiger partial charge in [-0.15, -0.1) is 0 Å². The minimum Gasteiger partial charge on any atom is -0.493 e. The lowest BCUT2D eigenvalue weighted by Crippen LogP contribution is -2.27. The Labute approximate surface area is 137 Å². The van der Waals surface area contributed by atoms with E-state index in [1.165, 1.54) is 11.1 Å². The van der Waals surface area contributed by atoms with Crippen LogP contribution in [0.5, 0.6) is 11.5 Å². The molecule has 1 heterocycles. The topological polar surface area (TPSA) is 47.7 Å². The first kappa shape index (κ1) is 15.8. The molecule has 0 saturated heterocycles. The molecule has 0 amide bonds. The molecule has 0 radical (unpaired) electrons. The molecule has 0 saturated carbocycles. The van der Waals surface area contributed by atoms with Gasteiger partial charge in [0.05, 0.1) is 14.2 Å². The van der Waals surface area contributed by atoms with Gasteiger partial charge < -0.3 is 20.1 Å². The first-order valence-corrected chi connectivity index (χ1v) is 7.92. The van der Waals surface area contributed by atoms with Gasteiger partial charge >= 0.3 is 0 Å². The molecule has 23 heavy (non-hydrogen) atoms. The number of hydrogen-bond donors (Lipinski definition) is 1. The largest absolute Gasteiger partial charge is 0.493 e. The summed E-state index contributed by atoms with van der Waals surface area (Å²) in [5.74, 6) is 1.60. The van der Waals surface area contributed by atoms with Gasteiger partial charge in [0, 0.05) is 25.2 Å². The number of methoxy groups -OCH3 is 2. The van der Waals surface area contributed by atoms with Crippen molar-refractivity contribution in [3.8, 4) is 22.6 Å². The molecule has 2 aromatic rings. The first-order chi connectivity index (χ1) is 11.2. The second-order valence-corrected chi connectivity index (χ2v) is 6.02. The summed E-state index contributed by atoms with van der Waals surface area (Å²) in [5, 5.41) is 0. The van der Waals surface area contributed by atoms with E-state index in [0.29, 0.717) is 6.54 Å². The van der Waals surface area contributed by atoms with E-state index in [1.54, 1.807) is 14.2 Å². The number of nitrogens with two attached hydrogens (primary N) is 1. The number of benzene rings is 2. The molecule has 122 valence electrons. The zero-order chi connectivity index (χ0) is 16.4. The average molecular weight is 312 g/mol. The van der Waals surface area contributed by atoms with E-state index < -0.39 is 0 Å². The molecule has 0 bridgehead atoms. The smallest absolute Gasteiger partial charge is 0.168 e. The van der Waals surface area contributed by atoms with Crippen LogP contribution in [-0.2, 0) is 19.5 Å². The number of ether oxygens (including phenoxy) is 2. The van der Waals surface area contributed by atoms with Crippen LogP contribution in [0.15, 0.2) is 30.3 Å². The molecule has 0 spiro atoms. The van der Waals surface area contributed by atoms with Gasteiger partial charge in [-0.25, -0.2) is 0 Å². The molecule has 0 aliphatic carbocycles. The highest BCUT2D eigenvalue weighted by Crippen LogP contribution is 2.44. The van der Waals surface area contributed by atoms with Crippen molar-refractivity contribution in [3.05, 3.63) is 47.0 Å². The second kappa shape index (κ2) is 6.60. The van der Waals surface area contributed by atoms with Gasteiger partial charge in [-0.3, -0.25) is 0 Å².